The zero-order chi connectivity index (χ0) is 14.3. The zero-order valence-corrected chi connectivity index (χ0v) is 11.5. The Labute approximate surface area is 117 Å². The van der Waals surface area contributed by atoms with Crippen molar-refractivity contribution in [3.63, 3.8) is 0 Å². The fourth-order valence-corrected chi connectivity index (χ4v) is 3.35. The number of aliphatic hydroxyl groups is 2. The summed E-state index contributed by atoms with van der Waals surface area (Å²) in [6, 6.07) is 0. The van der Waals surface area contributed by atoms with Crippen LogP contribution in [0.15, 0.2) is 12.5 Å². The Bertz CT molecular complexity index is 612. The van der Waals surface area contributed by atoms with E-state index in [4.69, 9.17) is 5.73 Å². The van der Waals surface area contributed by atoms with E-state index in [1.165, 1.54) is 6.33 Å². The van der Waals surface area contributed by atoms with Crippen LogP contribution in [0.1, 0.15) is 37.7 Å². The zero-order valence-electron chi connectivity index (χ0n) is 11.5. The van der Waals surface area contributed by atoms with Crippen LogP contribution in [0, 0.1) is 5.92 Å². The maximum atomic E-state index is 10.3. The van der Waals surface area contributed by atoms with Gasteiger partial charge in [0.1, 0.15) is 11.8 Å². The van der Waals surface area contributed by atoms with Crippen LogP contribution in [-0.2, 0) is 0 Å². The first-order chi connectivity index (χ1) is 9.63. The monoisotopic (exact) mass is 276 g/mol. The molecule has 108 valence electrons. The van der Waals surface area contributed by atoms with E-state index >= 15 is 0 Å². The predicted octanol–water partition coefficient (Wildman–Crippen LogP) is 1.17. The summed E-state index contributed by atoms with van der Waals surface area (Å²) in [5, 5.41) is 20.5. The Kier molecular flexibility index (Phi) is 3.35. The minimum atomic E-state index is -0.748. The van der Waals surface area contributed by atoms with Gasteiger partial charge in [-0.25, -0.2) is 9.97 Å². The molecule has 2 aromatic rings. The van der Waals surface area contributed by atoms with Crippen LogP contribution in [0.2, 0.25) is 0 Å². The molecule has 6 nitrogen and oxygen atoms in total. The SMILES string of the molecule is CCCC1CC(c2c[nH]c3c(N)ncnc23)C(O)C1O. The van der Waals surface area contributed by atoms with E-state index in [2.05, 4.69) is 21.9 Å². The maximum Gasteiger partial charge on any atom is 0.151 e. The van der Waals surface area contributed by atoms with E-state index in [9.17, 15) is 10.2 Å². The van der Waals surface area contributed by atoms with Crippen molar-refractivity contribution in [2.75, 3.05) is 5.73 Å². The van der Waals surface area contributed by atoms with Crippen LogP contribution < -0.4 is 5.73 Å². The first kappa shape index (κ1) is 13.3. The number of aliphatic hydroxyl groups excluding tert-OH is 2. The van der Waals surface area contributed by atoms with Gasteiger partial charge < -0.3 is 20.9 Å². The van der Waals surface area contributed by atoms with Crippen LogP contribution in [-0.4, -0.2) is 37.4 Å². The molecule has 0 aromatic carbocycles. The van der Waals surface area contributed by atoms with Crippen LogP contribution in [0.4, 0.5) is 5.82 Å². The lowest BCUT2D eigenvalue weighted by Gasteiger charge is -2.16. The van der Waals surface area contributed by atoms with Gasteiger partial charge in [-0.15, -0.1) is 0 Å². The highest BCUT2D eigenvalue weighted by Crippen LogP contribution is 2.42. The number of hydrogen-bond donors (Lipinski definition) is 4. The molecule has 20 heavy (non-hydrogen) atoms. The lowest BCUT2D eigenvalue weighted by atomic mass is 9.95. The van der Waals surface area contributed by atoms with Gasteiger partial charge in [0.25, 0.3) is 0 Å². The highest BCUT2D eigenvalue weighted by atomic mass is 16.3. The number of nitrogens with one attached hydrogen (secondary N) is 1. The van der Waals surface area contributed by atoms with Crippen molar-refractivity contribution in [2.45, 2.75) is 44.3 Å². The van der Waals surface area contributed by atoms with Gasteiger partial charge in [-0.1, -0.05) is 13.3 Å². The molecule has 0 aliphatic heterocycles. The summed E-state index contributed by atoms with van der Waals surface area (Å²) in [7, 11) is 0. The molecule has 0 radical (unpaired) electrons. The van der Waals surface area contributed by atoms with E-state index < -0.39 is 12.2 Å². The molecule has 0 amide bonds. The van der Waals surface area contributed by atoms with Crippen molar-refractivity contribution in [3.05, 3.63) is 18.1 Å². The van der Waals surface area contributed by atoms with Crippen molar-refractivity contribution in [1.82, 2.24) is 15.0 Å². The molecule has 1 fully saturated rings. The molecule has 1 aliphatic rings. The van der Waals surface area contributed by atoms with Gasteiger partial charge in [0.15, 0.2) is 5.82 Å². The number of nitrogens with zero attached hydrogens (tertiary/aromatic N) is 2. The molecule has 4 unspecified atom stereocenters. The number of aromatic amines is 1. The van der Waals surface area contributed by atoms with Gasteiger partial charge in [0, 0.05) is 17.7 Å². The molecule has 4 atom stereocenters. The second-order valence-electron chi connectivity index (χ2n) is 5.60. The minimum absolute atomic E-state index is 0.107. The largest absolute Gasteiger partial charge is 0.390 e. The third-order valence-electron chi connectivity index (χ3n) is 4.38. The Morgan fingerprint density at radius 2 is 2.15 bits per heavy atom. The molecular weight excluding hydrogens is 256 g/mol. The highest BCUT2D eigenvalue weighted by molar-refractivity contribution is 5.87. The van der Waals surface area contributed by atoms with E-state index in [0.717, 1.165) is 30.3 Å². The molecule has 3 rings (SSSR count). The van der Waals surface area contributed by atoms with Crippen LogP contribution >= 0.6 is 0 Å². The summed E-state index contributed by atoms with van der Waals surface area (Å²) in [4.78, 5) is 11.3. The third kappa shape index (κ3) is 1.96. The van der Waals surface area contributed by atoms with Crippen molar-refractivity contribution in [1.29, 1.82) is 0 Å². The Morgan fingerprint density at radius 1 is 1.35 bits per heavy atom. The van der Waals surface area contributed by atoms with Gasteiger partial charge in [-0.3, -0.25) is 0 Å². The predicted molar refractivity (Wildman–Crippen MR) is 76.1 cm³/mol. The van der Waals surface area contributed by atoms with Gasteiger partial charge >= 0.3 is 0 Å². The number of nitrogens with two attached hydrogens (primary N) is 1. The Morgan fingerprint density at radius 3 is 2.90 bits per heavy atom. The first-order valence-electron chi connectivity index (χ1n) is 7.07. The summed E-state index contributed by atoms with van der Waals surface area (Å²) in [6.07, 6.45) is 4.54. The van der Waals surface area contributed by atoms with Crippen molar-refractivity contribution in [2.24, 2.45) is 5.92 Å². The van der Waals surface area contributed by atoms with E-state index in [1.54, 1.807) is 0 Å². The summed E-state index contributed by atoms with van der Waals surface area (Å²) >= 11 is 0. The summed E-state index contributed by atoms with van der Waals surface area (Å²) in [5.74, 6) is 0.438. The maximum absolute atomic E-state index is 10.3. The average molecular weight is 276 g/mol. The van der Waals surface area contributed by atoms with Gasteiger partial charge in [0.2, 0.25) is 0 Å². The summed E-state index contributed by atoms with van der Waals surface area (Å²) in [6.45, 7) is 2.09. The van der Waals surface area contributed by atoms with Crippen LogP contribution in [0.5, 0.6) is 0 Å². The van der Waals surface area contributed by atoms with Gasteiger partial charge in [0.05, 0.1) is 17.7 Å². The summed E-state index contributed by atoms with van der Waals surface area (Å²) < 4.78 is 0. The molecule has 1 saturated carbocycles. The minimum Gasteiger partial charge on any atom is -0.390 e. The lowest BCUT2D eigenvalue weighted by Crippen LogP contribution is -2.27. The van der Waals surface area contributed by atoms with Crippen LogP contribution in [0.25, 0.3) is 11.0 Å². The number of hydrogen-bond acceptors (Lipinski definition) is 5. The standard InChI is InChI=1S/C14H20N4O2/c1-2-3-7-4-8(13(20)12(7)19)9-5-16-11-10(9)17-6-18-14(11)15/h5-8,12-13,16,19-20H,2-4H2,1H3,(H2,15,17,18). The molecule has 1 aliphatic carbocycles. The van der Waals surface area contributed by atoms with Gasteiger partial charge in [-0.2, -0.15) is 0 Å². The Hall–Kier alpha value is -1.66. The normalized spacial score (nSPS) is 30.1. The van der Waals surface area contributed by atoms with E-state index in [-0.39, 0.29) is 11.8 Å². The first-order valence-corrected chi connectivity index (χ1v) is 7.07. The molecule has 0 saturated heterocycles. The van der Waals surface area contributed by atoms with Gasteiger partial charge in [-0.05, 0) is 18.8 Å². The molecule has 0 bridgehead atoms. The highest BCUT2D eigenvalue weighted by Gasteiger charge is 2.42. The molecule has 6 heteroatoms. The van der Waals surface area contributed by atoms with Crippen LogP contribution in [0.3, 0.4) is 0 Å². The van der Waals surface area contributed by atoms with Crippen molar-refractivity contribution >= 4 is 16.9 Å². The quantitative estimate of drug-likeness (QED) is 0.673. The van der Waals surface area contributed by atoms with Crippen molar-refractivity contribution < 1.29 is 10.2 Å². The summed E-state index contributed by atoms with van der Waals surface area (Å²) in [5.41, 5.74) is 8.17. The molecule has 0 spiro atoms. The fraction of sp³-hybridized carbons (Fsp3) is 0.571. The Balaban J connectivity index is 1.97. The smallest absolute Gasteiger partial charge is 0.151 e. The molecular formula is C14H20N4O2. The average Bonchev–Trinajstić information content (AvgIpc) is 2.97. The van der Waals surface area contributed by atoms with Crippen molar-refractivity contribution in [3.8, 4) is 0 Å². The molecule has 5 N–H and O–H groups in total. The number of aromatic nitrogens is 3. The van der Waals surface area contributed by atoms with E-state index in [0.29, 0.717) is 11.3 Å². The topological polar surface area (TPSA) is 108 Å². The second-order valence-corrected chi connectivity index (χ2v) is 5.60. The molecule has 2 aromatic heterocycles. The third-order valence-corrected chi connectivity index (χ3v) is 4.38. The number of rotatable bonds is 3. The van der Waals surface area contributed by atoms with E-state index in [1.807, 2.05) is 6.20 Å². The molecule has 2 heterocycles. The number of nitrogen functional groups attached to an aromatic ring is 1. The number of anilines is 1. The fourth-order valence-electron chi connectivity index (χ4n) is 3.35. The second kappa shape index (κ2) is 5.03. The number of H-pyrrole nitrogens is 1. The number of fused-ring (bicyclic) bond motifs is 1. The lowest BCUT2D eigenvalue weighted by molar-refractivity contribution is 0.0130.